The molecular formula is C29H31F2N7. The number of rotatable bonds is 8. The Kier molecular flexibility index (Phi) is 7.87. The molecule has 0 saturated heterocycles. The molecule has 4 N–H and O–H groups in total. The molecule has 0 unspecified atom stereocenters. The summed E-state index contributed by atoms with van der Waals surface area (Å²) in [5.74, 6) is -0.525. The van der Waals surface area contributed by atoms with E-state index in [0.29, 0.717) is 22.8 Å². The molecule has 38 heavy (non-hydrogen) atoms. The van der Waals surface area contributed by atoms with Crippen LogP contribution >= 0.6 is 0 Å². The maximum Gasteiger partial charge on any atom is 0.148 e. The molecule has 4 rings (SSSR count). The lowest BCUT2D eigenvalue weighted by molar-refractivity contribution is 0.402. The lowest BCUT2D eigenvalue weighted by atomic mass is 10.1. The Morgan fingerprint density at radius 2 is 1.92 bits per heavy atom. The third-order valence-electron chi connectivity index (χ3n) is 5.86. The fraction of sp³-hybridized carbons (Fsp3) is 0.172. The Balaban J connectivity index is 1.50. The summed E-state index contributed by atoms with van der Waals surface area (Å²) < 4.78 is 31.1. The average Bonchev–Trinajstić information content (AvgIpc) is 3.28. The van der Waals surface area contributed by atoms with Gasteiger partial charge in [-0.25, -0.2) is 18.8 Å². The van der Waals surface area contributed by atoms with Gasteiger partial charge in [0.1, 0.15) is 23.1 Å². The van der Waals surface area contributed by atoms with Gasteiger partial charge in [0.2, 0.25) is 0 Å². The van der Waals surface area contributed by atoms with Crippen LogP contribution in [0.4, 0.5) is 25.8 Å². The van der Waals surface area contributed by atoms with Crippen molar-refractivity contribution >= 4 is 39.9 Å². The van der Waals surface area contributed by atoms with Crippen molar-refractivity contribution in [3.63, 3.8) is 0 Å². The number of aliphatic imine (C=N–C) groups is 1. The molecule has 0 fully saturated rings. The van der Waals surface area contributed by atoms with E-state index in [1.54, 1.807) is 31.3 Å². The van der Waals surface area contributed by atoms with E-state index in [1.807, 2.05) is 43.8 Å². The quantitative estimate of drug-likeness (QED) is 0.147. The number of para-hydroxylation sites is 1. The van der Waals surface area contributed by atoms with Gasteiger partial charge in [-0.2, -0.15) is 0 Å². The van der Waals surface area contributed by atoms with Gasteiger partial charge in [0, 0.05) is 24.0 Å². The summed E-state index contributed by atoms with van der Waals surface area (Å²) >= 11 is 0. The number of aromatic nitrogens is 2. The van der Waals surface area contributed by atoms with Crippen LogP contribution in [0.2, 0.25) is 0 Å². The predicted molar refractivity (Wildman–Crippen MR) is 153 cm³/mol. The van der Waals surface area contributed by atoms with Crippen LogP contribution in [0, 0.1) is 11.6 Å². The highest BCUT2D eigenvalue weighted by Crippen LogP contribution is 2.27. The fourth-order valence-electron chi connectivity index (χ4n) is 4.05. The molecule has 0 bridgehead atoms. The molecule has 9 heteroatoms. The number of amidine groups is 1. The van der Waals surface area contributed by atoms with Crippen molar-refractivity contribution in [2.75, 3.05) is 30.5 Å². The van der Waals surface area contributed by atoms with Gasteiger partial charge in [-0.05, 0) is 69.9 Å². The normalized spacial score (nSPS) is 12.3. The number of anilines is 3. The summed E-state index contributed by atoms with van der Waals surface area (Å²) in [4.78, 5) is 11.3. The number of fused-ring (bicyclic) bond motifs is 1. The van der Waals surface area contributed by atoms with Crippen LogP contribution in [0.1, 0.15) is 30.7 Å². The first-order valence-corrected chi connectivity index (χ1v) is 12.1. The molecule has 4 aromatic rings. The second kappa shape index (κ2) is 11.3. The first-order chi connectivity index (χ1) is 18.2. The van der Waals surface area contributed by atoms with Crippen molar-refractivity contribution in [1.82, 2.24) is 14.3 Å². The standard InChI is InChI=1S/C29H31F2N7/c1-6-25(27-16-33-28-14-20(17-37(4)5)12-13-38(27)28)35-19(3)36-26-11-10-21(15-23(26)31)18(2)34-29-22(30)8-7-9-24(29)32/h6-16,34H,2,17,32H2,1,3-5H3,(H,35,36)/b25-6-. The summed E-state index contributed by atoms with van der Waals surface area (Å²) in [6.07, 6.45) is 5.63. The molecule has 0 spiro atoms. The van der Waals surface area contributed by atoms with Crippen LogP contribution in [-0.2, 0) is 6.54 Å². The van der Waals surface area contributed by atoms with E-state index in [4.69, 9.17) is 5.73 Å². The van der Waals surface area contributed by atoms with Crippen molar-refractivity contribution < 1.29 is 8.78 Å². The summed E-state index contributed by atoms with van der Waals surface area (Å²) in [6.45, 7) is 8.37. The van der Waals surface area contributed by atoms with Crippen LogP contribution in [0.5, 0.6) is 0 Å². The van der Waals surface area contributed by atoms with E-state index >= 15 is 0 Å². The Labute approximate surface area is 221 Å². The Hall–Kier alpha value is -4.50. The van der Waals surface area contributed by atoms with E-state index < -0.39 is 11.6 Å². The smallest absolute Gasteiger partial charge is 0.148 e. The second-order valence-corrected chi connectivity index (χ2v) is 9.14. The van der Waals surface area contributed by atoms with Gasteiger partial charge in [0.25, 0.3) is 0 Å². The number of hydrogen-bond donors (Lipinski definition) is 3. The minimum atomic E-state index is -0.517. The summed E-state index contributed by atoms with van der Waals surface area (Å²) in [7, 11) is 4.05. The zero-order chi connectivity index (χ0) is 27.4. The fourth-order valence-corrected chi connectivity index (χ4v) is 4.05. The highest BCUT2D eigenvalue weighted by molar-refractivity contribution is 5.97. The lowest BCUT2D eigenvalue weighted by Gasteiger charge is -2.14. The number of hydrogen-bond acceptors (Lipinski definition) is 5. The maximum atomic E-state index is 15.0. The van der Waals surface area contributed by atoms with Crippen LogP contribution < -0.4 is 16.4 Å². The van der Waals surface area contributed by atoms with Gasteiger partial charge < -0.3 is 21.3 Å². The van der Waals surface area contributed by atoms with Gasteiger partial charge in [0.15, 0.2) is 0 Å². The zero-order valence-corrected chi connectivity index (χ0v) is 21.9. The minimum Gasteiger partial charge on any atom is -0.397 e. The van der Waals surface area contributed by atoms with Crippen molar-refractivity contribution in [3.05, 3.63) is 102 Å². The Morgan fingerprint density at radius 3 is 2.61 bits per heavy atom. The molecule has 196 valence electrons. The molecule has 0 aliphatic heterocycles. The number of nitrogens with two attached hydrogens (primary N) is 1. The molecule has 2 heterocycles. The molecule has 0 aliphatic rings. The van der Waals surface area contributed by atoms with E-state index in [0.717, 1.165) is 23.4 Å². The number of nitrogens with one attached hydrogen (secondary N) is 2. The number of benzene rings is 2. The molecular weight excluding hydrogens is 484 g/mol. The van der Waals surface area contributed by atoms with E-state index in [2.05, 4.69) is 38.2 Å². The SMILES string of the molecule is C=C(Nc1c(N)cccc1F)c1ccc(NC(C)=N/C(=C\C)c2cnc3cc(CN(C)C)ccn23)c(F)c1. The zero-order valence-electron chi connectivity index (χ0n) is 21.9. The number of pyridine rings is 1. The summed E-state index contributed by atoms with van der Waals surface area (Å²) in [5, 5.41) is 5.85. The third kappa shape index (κ3) is 5.90. The molecule has 0 amide bonds. The first kappa shape index (κ1) is 26.6. The lowest BCUT2D eigenvalue weighted by Crippen LogP contribution is -2.11. The maximum absolute atomic E-state index is 15.0. The van der Waals surface area contributed by atoms with E-state index in [1.165, 1.54) is 18.2 Å². The van der Waals surface area contributed by atoms with Gasteiger partial charge in [-0.15, -0.1) is 0 Å². The van der Waals surface area contributed by atoms with E-state index in [-0.39, 0.29) is 17.1 Å². The predicted octanol–water partition coefficient (Wildman–Crippen LogP) is 6.23. The minimum absolute atomic E-state index is 0.100. The van der Waals surface area contributed by atoms with E-state index in [9.17, 15) is 8.78 Å². The number of halogens is 2. The van der Waals surface area contributed by atoms with Gasteiger partial charge in [-0.1, -0.05) is 24.8 Å². The van der Waals surface area contributed by atoms with Crippen LogP contribution in [0.15, 0.2) is 78.6 Å². The van der Waals surface area contributed by atoms with Gasteiger partial charge >= 0.3 is 0 Å². The van der Waals surface area contributed by atoms with Crippen LogP contribution in [0.25, 0.3) is 17.0 Å². The largest absolute Gasteiger partial charge is 0.397 e. The highest BCUT2D eigenvalue weighted by Gasteiger charge is 2.12. The monoisotopic (exact) mass is 515 g/mol. The molecule has 2 aromatic heterocycles. The van der Waals surface area contributed by atoms with Crippen molar-refractivity contribution in [2.45, 2.75) is 20.4 Å². The Bertz CT molecular complexity index is 1530. The van der Waals surface area contributed by atoms with Gasteiger partial charge in [0.05, 0.1) is 34.6 Å². The summed E-state index contributed by atoms with van der Waals surface area (Å²) in [5.41, 5.74) is 10.7. The summed E-state index contributed by atoms with van der Waals surface area (Å²) in [6, 6.07) is 13.0. The number of nitrogen functional groups attached to an aromatic ring is 1. The second-order valence-electron chi connectivity index (χ2n) is 9.14. The molecule has 2 aromatic carbocycles. The number of imidazole rings is 1. The van der Waals surface area contributed by atoms with Crippen molar-refractivity contribution in [3.8, 4) is 0 Å². The topological polar surface area (TPSA) is 83.0 Å². The average molecular weight is 516 g/mol. The molecule has 0 radical (unpaired) electrons. The molecule has 0 saturated carbocycles. The number of allylic oxidation sites excluding steroid dienone is 1. The van der Waals surface area contributed by atoms with Crippen molar-refractivity contribution in [2.24, 2.45) is 4.99 Å². The van der Waals surface area contributed by atoms with Crippen molar-refractivity contribution in [1.29, 1.82) is 0 Å². The molecule has 0 aliphatic carbocycles. The molecule has 7 nitrogen and oxygen atoms in total. The molecule has 0 atom stereocenters. The first-order valence-electron chi connectivity index (χ1n) is 12.1. The van der Waals surface area contributed by atoms with Gasteiger partial charge in [-0.3, -0.25) is 4.40 Å². The third-order valence-corrected chi connectivity index (χ3v) is 5.86. The highest BCUT2D eigenvalue weighted by atomic mass is 19.1. The Morgan fingerprint density at radius 1 is 1.13 bits per heavy atom. The van der Waals surface area contributed by atoms with Crippen LogP contribution in [0.3, 0.4) is 0 Å². The van der Waals surface area contributed by atoms with Crippen LogP contribution in [-0.4, -0.2) is 34.2 Å². The number of nitrogens with zero attached hydrogens (tertiary/aromatic N) is 4.